The Balaban J connectivity index is 1.87. The molecule has 1 saturated heterocycles. The van der Waals surface area contributed by atoms with Gasteiger partial charge in [-0.3, -0.25) is 0 Å². The lowest BCUT2D eigenvalue weighted by Gasteiger charge is -2.19. The predicted molar refractivity (Wildman–Crippen MR) is 69.9 cm³/mol. The third-order valence-corrected chi connectivity index (χ3v) is 3.24. The molecule has 2 heterocycles. The molecule has 5 nitrogen and oxygen atoms in total. The molecule has 19 heavy (non-hydrogen) atoms. The summed E-state index contributed by atoms with van der Waals surface area (Å²) in [6, 6.07) is 9.11. The zero-order valence-electron chi connectivity index (χ0n) is 10.3. The molecule has 1 fully saturated rings. The van der Waals surface area contributed by atoms with Crippen LogP contribution in [0.3, 0.4) is 0 Å². The van der Waals surface area contributed by atoms with Crippen LogP contribution in [0.5, 0.6) is 0 Å². The van der Waals surface area contributed by atoms with Crippen molar-refractivity contribution in [3.05, 3.63) is 48.8 Å². The third kappa shape index (κ3) is 2.19. The van der Waals surface area contributed by atoms with Gasteiger partial charge in [-0.05, 0) is 12.8 Å². The molecule has 2 aromatic rings. The number of primary amides is 1. The van der Waals surface area contributed by atoms with Crippen molar-refractivity contribution >= 4 is 6.03 Å². The van der Waals surface area contributed by atoms with Crippen molar-refractivity contribution in [1.29, 1.82) is 0 Å². The van der Waals surface area contributed by atoms with E-state index in [1.807, 2.05) is 36.8 Å². The lowest BCUT2D eigenvalue weighted by molar-refractivity contribution is 0.194. The van der Waals surface area contributed by atoms with Crippen molar-refractivity contribution in [3.8, 4) is 11.3 Å². The molecule has 5 heteroatoms. The monoisotopic (exact) mass is 256 g/mol. The molecule has 1 atom stereocenters. The van der Waals surface area contributed by atoms with Crippen LogP contribution >= 0.6 is 0 Å². The molecule has 1 aliphatic rings. The smallest absolute Gasteiger partial charge is 0.315 e. The van der Waals surface area contributed by atoms with Crippen molar-refractivity contribution in [2.75, 3.05) is 6.54 Å². The third-order valence-electron chi connectivity index (χ3n) is 3.24. The highest BCUT2D eigenvalue weighted by atomic mass is 16.4. The fraction of sp³-hybridized carbons (Fsp3) is 0.214. The maximum absolute atomic E-state index is 11.3. The van der Waals surface area contributed by atoms with E-state index in [1.54, 1.807) is 11.1 Å². The van der Waals surface area contributed by atoms with E-state index in [0.29, 0.717) is 18.2 Å². The molecule has 1 aliphatic heterocycles. The minimum absolute atomic E-state index is 0.185. The van der Waals surface area contributed by atoms with E-state index in [9.17, 15) is 4.79 Å². The van der Waals surface area contributed by atoms with Crippen LogP contribution in [0.1, 0.15) is 18.4 Å². The molecule has 1 aromatic carbocycles. The van der Waals surface area contributed by atoms with Gasteiger partial charge in [0.2, 0.25) is 5.89 Å². The van der Waals surface area contributed by atoms with E-state index < -0.39 is 6.03 Å². The fourth-order valence-corrected chi connectivity index (χ4v) is 2.28. The molecule has 1 radical (unpaired) electrons. The number of hydrogen-bond donors (Lipinski definition) is 1. The Morgan fingerprint density at radius 2 is 2.16 bits per heavy atom. The van der Waals surface area contributed by atoms with E-state index in [4.69, 9.17) is 10.2 Å². The summed E-state index contributed by atoms with van der Waals surface area (Å²) in [5.41, 5.74) is 6.31. The molecule has 2 N–H and O–H groups in total. The second-order valence-electron chi connectivity index (χ2n) is 4.46. The number of urea groups is 1. The SMILES string of the molecule is NC(=O)N1C[CH]C[C@H]1c1ncc(-c2ccccc2)o1. The van der Waals surface area contributed by atoms with Gasteiger partial charge in [-0.1, -0.05) is 30.3 Å². The van der Waals surface area contributed by atoms with E-state index in [2.05, 4.69) is 4.98 Å². The van der Waals surface area contributed by atoms with Gasteiger partial charge in [-0.2, -0.15) is 0 Å². The van der Waals surface area contributed by atoms with Gasteiger partial charge in [0.25, 0.3) is 0 Å². The zero-order valence-corrected chi connectivity index (χ0v) is 10.3. The fourth-order valence-electron chi connectivity index (χ4n) is 2.28. The van der Waals surface area contributed by atoms with Gasteiger partial charge in [-0.25, -0.2) is 9.78 Å². The van der Waals surface area contributed by atoms with Gasteiger partial charge in [0.05, 0.1) is 6.20 Å². The van der Waals surface area contributed by atoms with Crippen LogP contribution in [-0.2, 0) is 0 Å². The summed E-state index contributed by atoms with van der Waals surface area (Å²) in [6.45, 7) is 0.545. The molecule has 0 saturated carbocycles. The first kappa shape index (κ1) is 11.8. The number of oxazole rings is 1. The number of benzene rings is 1. The minimum Gasteiger partial charge on any atom is -0.438 e. The number of amides is 2. The van der Waals surface area contributed by atoms with E-state index >= 15 is 0 Å². The molecule has 0 spiro atoms. The number of carbonyl (C=O) groups excluding carboxylic acids is 1. The Morgan fingerprint density at radius 1 is 1.37 bits per heavy atom. The first-order valence-electron chi connectivity index (χ1n) is 6.14. The zero-order chi connectivity index (χ0) is 13.2. The highest BCUT2D eigenvalue weighted by Crippen LogP contribution is 2.32. The number of likely N-dealkylation sites (tertiary alicyclic amines) is 1. The average Bonchev–Trinajstić information content (AvgIpc) is 3.08. The second kappa shape index (κ2) is 4.76. The minimum atomic E-state index is -0.446. The van der Waals surface area contributed by atoms with Crippen molar-refractivity contribution in [1.82, 2.24) is 9.88 Å². The Labute approximate surface area is 111 Å². The van der Waals surface area contributed by atoms with Crippen molar-refractivity contribution < 1.29 is 9.21 Å². The van der Waals surface area contributed by atoms with Crippen LogP contribution in [0.25, 0.3) is 11.3 Å². The predicted octanol–water partition coefficient (Wildman–Crippen LogP) is 2.37. The van der Waals surface area contributed by atoms with Crippen molar-refractivity contribution in [2.45, 2.75) is 12.5 Å². The van der Waals surface area contributed by atoms with Crippen LogP contribution in [0.2, 0.25) is 0 Å². The quantitative estimate of drug-likeness (QED) is 0.896. The molecule has 0 unspecified atom stereocenters. The summed E-state index contributed by atoms with van der Waals surface area (Å²) in [7, 11) is 0. The molecular formula is C14H14N3O2. The van der Waals surface area contributed by atoms with Crippen LogP contribution < -0.4 is 5.73 Å². The first-order chi connectivity index (χ1) is 9.25. The summed E-state index contributed by atoms with van der Waals surface area (Å²) in [5, 5.41) is 0. The molecule has 3 rings (SSSR count). The Kier molecular flexibility index (Phi) is 2.95. The summed E-state index contributed by atoms with van der Waals surface area (Å²) in [4.78, 5) is 17.1. The normalized spacial score (nSPS) is 18.7. The Hall–Kier alpha value is -2.30. The second-order valence-corrected chi connectivity index (χ2v) is 4.46. The number of carbonyl (C=O) groups is 1. The summed E-state index contributed by atoms with van der Waals surface area (Å²) >= 11 is 0. The number of rotatable bonds is 2. The number of hydrogen-bond acceptors (Lipinski definition) is 3. The van der Waals surface area contributed by atoms with E-state index in [0.717, 1.165) is 12.0 Å². The van der Waals surface area contributed by atoms with Crippen LogP contribution in [-0.4, -0.2) is 22.5 Å². The molecule has 1 aromatic heterocycles. The number of aromatic nitrogens is 1. The Morgan fingerprint density at radius 3 is 2.89 bits per heavy atom. The molecule has 2 amide bonds. The molecule has 0 aliphatic carbocycles. The van der Waals surface area contributed by atoms with Gasteiger partial charge in [-0.15, -0.1) is 0 Å². The van der Waals surface area contributed by atoms with Crippen LogP contribution in [0, 0.1) is 6.42 Å². The van der Waals surface area contributed by atoms with E-state index in [-0.39, 0.29) is 6.04 Å². The largest absolute Gasteiger partial charge is 0.438 e. The van der Waals surface area contributed by atoms with Crippen molar-refractivity contribution in [2.24, 2.45) is 5.73 Å². The number of nitrogens with zero attached hydrogens (tertiary/aromatic N) is 2. The Bertz CT molecular complexity index is 579. The summed E-state index contributed by atoms with van der Waals surface area (Å²) in [6.07, 6.45) is 4.40. The highest BCUT2D eigenvalue weighted by Gasteiger charge is 2.32. The topological polar surface area (TPSA) is 72.4 Å². The molecule has 0 bridgehead atoms. The van der Waals surface area contributed by atoms with Gasteiger partial charge >= 0.3 is 6.03 Å². The summed E-state index contributed by atoms with van der Waals surface area (Å²) in [5.74, 6) is 1.23. The van der Waals surface area contributed by atoms with Crippen LogP contribution in [0.4, 0.5) is 4.79 Å². The number of nitrogens with two attached hydrogens (primary N) is 1. The van der Waals surface area contributed by atoms with Gasteiger partial charge in [0.15, 0.2) is 5.76 Å². The first-order valence-corrected chi connectivity index (χ1v) is 6.14. The van der Waals surface area contributed by atoms with Gasteiger partial charge < -0.3 is 15.1 Å². The van der Waals surface area contributed by atoms with Crippen molar-refractivity contribution in [3.63, 3.8) is 0 Å². The summed E-state index contributed by atoms with van der Waals surface area (Å²) < 4.78 is 5.75. The average molecular weight is 256 g/mol. The van der Waals surface area contributed by atoms with Gasteiger partial charge in [0, 0.05) is 12.1 Å². The van der Waals surface area contributed by atoms with E-state index in [1.165, 1.54) is 0 Å². The lowest BCUT2D eigenvalue weighted by Crippen LogP contribution is -2.35. The van der Waals surface area contributed by atoms with Gasteiger partial charge in [0.1, 0.15) is 6.04 Å². The molecule has 97 valence electrons. The maximum Gasteiger partial charge on any atom is 0.315 e. The standard InChI is InChI=1S/C14H14N3O2/c15-14(18)17-8-4-7-11(17)13-16-9-12(19-13)10-5-2-1-3-6-10/h1-6,9,11H,7-8H2,(H2,15,18)/t11-/m0/s1. The highest BCUT2D eigenvalue weighted by molar-refractivity contribution is 5.73. The van der Waals surface area contributed by atoms with Crippen LogP contribution in [0.15, 0.2) is 40.9 Å². The maximum atomic E-state index is 11.3. The lowest BCUT2D eigenvalue weighted by atomic mass is 10.2. The molecular weight excluding hydrogens is 242 g/mol.